The number of nitrogens with zero attached hydrogens (tertiary/aromatic N) is 5. The van der Waals surface area contributed by atoms with Crippen molar-refractivity contribution in [3.8, 4) is 61.8 Å². The van der Waals surface area contributed by atoms with Gasteiger partial charge in [0.25, 0.3) is 0 Å². The van der Waals surface area contributed by atoms with Gasteiger partial charge >= 0.3 is 0 Å². The molecule has 1 aliphatic rings. The van der Waals surface area contributed by atoms with Gasteiger partial charge < -0.3 is 4.57 Å². The van der Waals surface area contributed by atoms with E-state index >= 15 is 0 Å². The number of rotatable bonds is 7. The van der Waals surface area contributed by atoms with Crippen LogP contribution >= 0.6 is 11.8 Å². The van der Waals surface area contributed by atoms with Crippen molar-refractivity contribution in [3.63, 3.8) is 0 Å². The Morgan fingerprint density at radius 1 is 0.317 bits per heavy atom. The lowest BCUT2D eigenvalue weighted by atomic mass is 9.98. The minimum absolute atomic E-state index is 0.575. The number of hydrogen-bond donors (Lipinski definition) is 0. The monoisotopic (exact) mass is 823 g/mol. The fraction of sp³-hybridized carbons (Fsp3) is 0. The SMILES string of the molecule is c1ccc(-c2ccc(-n3c4ccccc4c4ccc(-c5cccc(-c6ccc7c(c6)Sc6ccccc6N7c6nc(-c7ccccc7)nc(-c7ccccc7)n6)c5)cc43)cc2)cc1. The maximum absolute atomic E-state index is 5.15. The molecule has 0 bridgehead atoms. The quantitative estimate of drug-likeness (QED) is 0.160. The molecule has 0 N–H and O–H groups in total. The van der Waals surface area contributed by atoms with E-state index in [9.17, 15) is 0 Å². The molecule has 6 heteroatoms. The van der Waals surface area contributed by atoms with Gasteiger partial charge in [0.2, 0.25) is 5.95 Å². The lowest BCUT2D eigenvalue weighted by molar-refractivity contribution is 1.00. The molecule has 12 rings (SSSR count). The van der Waals surface area contributed by atoms with Crippen LogP contribution in [0.25, 0.3) is 83.6 Å². The molecule has 3 heterocycles. The fourth-order valence-electron chi connectivity index (χ4n) is 8.79. The van der Waals surface area contributed by atoms with Crippen molar-refractivity contribution in [1.29, 1.82) is 0 Å². The van der Waals surface area contributed by atoms with Gasteiger partial charge in [0.1, 0.15) is 0 Å². The second-order valence-corrected chi connectivity index (χ2v) is 16.8. The van der Waals surface area contributed by atoms with Gasteiger partial charge in [-0.1, -0.05) is 182 Å². The molecule has 0 atom stereocenters. The zero-order valence-electron chi connectivity index (χ0n) is 34.0. The zero-order valence-corrected chi connectivity index (χ0v) is 34.8. The van der Waals surface area contributed by atoms with Gasteiger partial charge in [-0.25, -0.2) is 4.98 Å². The highest BCUT2D eigenvalue weighted by Gasteiger charge is 2.28. The van der Waals surface area contributed by atoms with Crippen LogP contribution in [0.2, 0.25) is 0 Å². The molecule has 11 aromatic rings. The summed E-state index contributed by atoms with van der Waals surface area (Å²) >= 11 is 1.78. The van der Waals surface area contributed by atoms with Gasteiger partial charge in [0.05, 0.1) is 22.4 Å². The largest absolute Gasteiger partial charge is 0.309 e. The molecule has 9 aromatic carbocycles. The second-order valence-electron chi connectivity index (χ2n) is 15.7. The van der Waals surface area contributed by atoms with Gasteiger partial charge in [0.15, 0.2) is 11.6 Å². The fourth-order valence-corrected chi connectivity index (χ4v) is 9.89. The summed E-state index contributed by atoms with van der Waals surface area (Å²) in [4.78, 5) is 19.7. The Morgan fingerprint density at radius 2 is 0.825 bits per heavy atom. The Kier molecular flexibility index (Phi) is 9.01. The Bertz CT molecular complexity index is 3420. The summed E-state index contributed by atoms with van der Waals surface area (Å²) in [6, 6.07) is 79.5. The molecule has 5 nitrogen and oxygen atoms in total. The van der Waals surface area contributed by atoms with E-state index in [2.05, 4.69) is 173 Å². The van der Waals surface area contributed by atoms with Crippen LogP contribution in [0.5, 0.6) is 0 Å². The molecule has 0 radical (unpaired) electrons. The van der Waals surface area contributed by atoms with E-state index in [4.69, 9.17) is 15.0 Å². The van der Waals surface area contributed by atoms with Gasteiger partial charge in [-0.15, -0.1) is 0 Å². The number of benzene rings is 9. The second kappa shape index (κ2) is 15.4. The molecule has 296 valence electrons. The minimum Gasteiger partial charge on any atom is -0.309 e. The Morgan fingerprint density at radius 3 is 1.54 bits per heavy atom. The van der Waals surface area contributed by atoms with E-state index in [0.717, 1.165) is 54.7 Å². The summed E-state index contributed by atoms with van der Waals surface area (Å²) in [7, 11) is 0. The van der Waals surface area contributed by atoms with E-state index < -0.39 is 0 Å². The Hall–Kier alpha value is -8.06. The van der Waals surface area contributed by atoms with E-state index in [1.54, 1.807) is 11.8 Å². The molecule has 0 amide bonds. The summed E-state index contributed by atoms with van der Waals surface area (Å²) < 4.78 is 2.40. The highest BCUT2D eigenvalue weighted by molar-refractivity contribution is 7.99. The number of hydrogen-bond acceptors (Lipinski definition) is 5. The molecule has 0 saturated carbocycles. The standard InChI is InChI=1S/C57H37N5S/c1-4-15-38(16-5-1)39-27-31-46(32-28-39)61-49-24-11-10-23-47(49)48-33-29-44(36-52(48)61)42-21-14-22-43(35-42)45-30-34-51-54(37-45)63-53-26-13-12-25-50(53)62(51)57-59-55(40-17-6-2-7-18-40)58-56(60-57)41-19-8-3-9-20-41/h1-37H. The van der Waals surface area contributed by atoms with Crippen molar-refractivity contribution in [1.82, 2.24) is 19.5 Å². The van der Waals surface area contributed by atoms with Crippen LogP contribution in [0.1, 0.15) is 0 Å². The van der Waals surface area contributed by atoms with Crippen LogP contribution in [-0.4, -0.2) is 19.5 Å². The third-order valence-electron chi connectivity index (χ3n) is 11.8. The normalized spacial score (nSPS) is 12.0. The van der Waals surface area contributed by atoms with E-state index in [0.29, 0.717) is 17.6 Å². The van der Waals surface area contributed by atoms with Crippen LogP contribution in [0.3, 0.4) is 0 Å². The van der Waals surface area contributed by atoms with Gasteiger partial charge in [-0.05, 0) is 88.0 Å². The predicted octanol–water partition coefficient (Wildman–Crippen LogP) is 15.2. The molecular weight excluding hydrogens is 787 g/mol. The molecule has 1 aliphatic heterocycles. The summed E-state index contributed by atoms with van der Waals surface area (Å²) in [5, 5.41) is 2.48. The Balaban J connectivity index is 0.937. The maximum atomic E-state index is 5.15. The molecule has 0 aliphatic carbocycles. The third kappa shape index (κ3) is 6.65. The van der Waals surface area contributed by atoms with Crippen molar-refractivity contribution in [2.45, 2.75) is 9.79 Å². The molecule has 0 spiro atoms. The maximum Gasteiger partial charge on any atom is 0.238 e. The topological polar surface area (TPSA) is 46.8 Å². The molecule has 2 aromatic heterocycles. The zero-order chi connectivity index (χ0) is 41.7. The van der Waals surface area contributed by atoms with Crippen molar-refractivity contribution < 1.29 is 0 Å². The van der Waals surface area contributed by atoms with Crippen molar-refractivity contribution in [2.75, 3.05) is 4.90 Å². The highest BCUT2D eigenvalue weighted by atomic mass is 32.2. The number of para-hydroxylation sites is 2. The first-order chi connectivity index (χ1) is 31.2. The molecular formula is C57H37N5S. The Labute approximate surface area is 369 Å². The lowest BCUT2D eigenvalue weighted by Crippen LogP contribution is -2.18. The van der Waals surface area contributed by atoms with Crippen molar-refractivity contribution in [2.24, 2.45) is 0 Å². The van der Waals surface area contributed by atoms with Crippen molar-refractivity contribution in [3.05, 3.63) is 224 Å². The molecule has 63 heavy (non-hydrogen) atoms. The van der Waals surface area contributed by atoms with Gasteiger partial charge in [-0.2, -0.15) is 9.97 Å². The van der Waals surface area contributed by atoms with Crippen LogP contribution in [0, 0.1) is 0 Å². The van der Waals surface area contributed by atoms with Gasteiger partial charge in [-0.3, -0.25) is 4.90 Å². The third-order valence-corrected chi connectivity index (χ3v) is 13.0. The number of anilines is 3. The number of fused-ring (bicyclic) bond motifs is 5. The average Bonchev–Trinajstić information content (AvgIpc) is 3.70. The van der Waals surface area contributed by atoms with E-state index in [1.807, 2.05) is 60.7 Å². The van der Waals surface area contributed by atoms with Gasteiger partial charge in [0, 0.05) is 37.4 Å². The first-order valence-corrected chi connectivity index (χ1v) is 21.9. The van der Waals surface area contributed by atoms with E-state index in [-0.39, 0.29) is 0 Å². The highest BCUT2D eigenvalue weighted by Crippen LogP contribution is 2.52. The summed E-state index contributed by atoms with van der Waals surface area (Å²) in [6.45, 7) is 0. The minimum atomic E-state index is 0.575. The van der Waals surface area contributed by atoms with Crippen LogP contribution < -0.4 is 4.90 Å². The first kappa shape index (κ1) is 36.8. The summed E-state index contributed by atoms with van der Waals surface area (Å²) in [6.07, 6.45) is 0. The van der Waals surface area contributed by atoms with E-state index in [1.165, 1.54) is 38.5 Å². The molecule has 0 fully saturated rings. The summed E-state index contributed by atoms with van der Waals surface area (Å²) in [5.41, 5.74) is 14.5. The molecule has 0 saturated heterocycles. The first-order valence-electron chi connectivity index (χ1n) is 21.1. The lowest BCUT2D eigenvalue weighted by Gasteiger charge is -2.31. The average molecular weight is 824 g/mol. The van der Waals surface area contributed by atoms with Crippen molar-refractivity contribution >= 4 is 50.9 Å². The molecule has 0 unspecified atom stereocenters. The van der Waals surface area contributed by atoms with Crippen LogP contribution in [0.4, 0.5) is 17.3 Å². The number of aromatic nitrogens is 4. The van der Waals surface area contributed by atoms with Crippen LogP contribution in [0.15, 0.2) is 234 Å². The smallest absolute Gasteiger partial charge is 0.238 e. The predicted molar refractivity (Wildman–Crippen MR) is 260 cm³/mol. The summed E-state index contributed by atoms with van der Waals surface area (Å²) in [5.74, 6) is 1.83. The van der Waals surface area contributed by atoms with Crippen LogP contribution in [-0.2, 0) is 0 Å².